The standard InChI is InChI=1S/C30H27FN2O2/c31-23-15-16-27(30(34)33-18-17-32-21-24(33)19-22-9-3-1-4-10-22)28(20-23)26-13-7-8-14-29(26)35-25-11-5-2-6-12-25/h1-16,20,24,32H,17-19,21H2/t24-/m1/s1. The van der Waals surface area contributed by atoms with Crippen molar-refractivity contribution in [3.05, 3.63) is 120 Å². The van der Waals surface area contributed by atoms with Gasteiger partial charge in [-0.3, -0.25) is 4.79 Å². The van der Waals surface area contributed by atoms with E-state index in [1.54, 1.807) is 6.07 Å². The summed E-state index contributed by atoms with van der Waals surface area (Å²) in [7, 11) is 0. The molecule has 1 amide bonds. The molecule has 1 atom stereocenters. The number of hydrogen-bond donors (Lipinski definition) is 1. The number of carbonyl (C=O) groups is 1. The number of ether oxygens (including phenoxy) is 1. The van der Waals surface area contributed by atoms with Crippen LogP contribution in [-0.2, 0) is 6.42 Å². The zero-order valence-corrected chi connectivity index (χ0v) is 19.4. The van der Waals surface area contributed by atoms with Crippen LogP contribution in [0, 0.1) is 5.82 Å². The number of nitrogens with one attached hydrogen (secondary N) is 1. The van der Waals surface area contributed by atoms with E-state index in [0.29, 0.717) is 41.3 Å². The Balaban J connectivity index is 1.50. The summed E-state index contributed by atoms with van der Waals surface area (Å²) in [6.07, 6.45) is 0.754. The van der Waals surface area contributed by atoms with Gasteiger partial charge in [0.25, 0.3) is 5.91 Å². The second-order valence-corrected chi connectivity index (χ2v) is 8.65. The van der Waals surface area contributed by atoms with Crippen molar-refractivity contribution in [1.82, 2.24) is 10.2 Å². The number of amides is 1. The Hall–Kier alpha value is -3.96. The van der Waals surface area contributed by atoms with Crippen LogP contribution in [0.2, 0.25) is 0 Å². The lowest BCUT2D eigenvalue weighted by atomic mass is 9.96. The summed E-state index contributed by atoms with van der Waals surface area (Å²) in [4.78, 5) is 15.8. The molecular weight excluding hydrogens is 439 g/mol. The summed E-state index contributed by atoms with van der Waals surface area (Å²) in [5, 5.41) is 3.41. The minimum atomic E-state index is -0.396. The van der Waals surface area contributed by atoms with Crippen LogP contribution >= 0.6 is 0 Å². The first-order valence-corrected chi connectivity index (χ1v) is 11.9. The molecule has 1 heterocycles. The van der Waals surface area contributed by atoms with Gasteiger partial charge < -0.3 is 15.0 Å². The molecule has 0 bridgehead atoms. The van der Waals surface area contributed by atoms with E-state index in [1.807, 2.05) is 77.7 Å². The maximum Gasteiger partial charge on any atom is 0.254 e. The van der Waals surface area contributed by atoms with E-state index in [1.165, 1.54) is 17.7 Å². The average molecular weight is 467 g/mol. The molecule has 0 unspecified atom stereocenters. The number of para-hydroxylation sites is 2. The van der Waals surface area contributed by atoms with E-state index in [2.05, 4.69) is 17.4 Å². The molecule has 5 rings (SSSR count). The predicted molar refractivity (Wildman–Crippen MR) is 136 cm³/mol. The minimum Gasteiger partial charge on any atom is -0.457 e. The fourth-order valence-electron chi connectivity index (χ4n) is 4.57. The number of halogens is 1. The van der Waals surface area contributed by atoms with Crippen molar-refractivity contribution in [1.29, 1.82) is 0 Å². The van der Waals surface area contributed by atoms with E-state index < -0.39 is 5.82 Å². The summed E-state index contributed by atoms with van der Waals surface area (Å²) in [6, 6.07) is 31.4. The van der Waals surface area contributed by atoms with E-state index in [4.69, 9.17) is 4.74 Å². The summed E-state index contributed by atoms with van der Waals surface area (Å²) < 4.78 is 20.6. The molecule has 0 aliphatic carbocycles. The van der Waals surface area contributed by atoms with Gasteiger partial charge in [0.2, 0.25) is 0 Å². The molecule has 5 heteroatoms. The van der Waals surface area contributed by atoms with E-state index in [-0.39, 0.29) is 11.9 Å². The third kappa shape index (κ3) is 5.26. The van der Waals surface area contributed by atoms with Gasteiger partial charge in [-0.15, -0.1) is 0 Å². The summed E-state index contributed by atoms with van der Waals surface area (Å²) in [5.41, 5.74) is 2.85. The van der Waals surface area contributed by atoms with Crippen molar-refractivity contribution in [2.45, 2.75) is 12.5 Å². The molecule has 0 saturated carbocycles. The minimum absolute atomic E-state index is 0.00682. The fourth-order valence-corrected chi connectivity index (χ4v) is 4.57. The molecule has 0 spiro atoms. The third-order valence-corrected chi connectivity index (χ3v) is 6.29. The summed E-state index contributed by atoms with van der Waals surface area (Å²) in [6.45, 7) is 2.03. The van der Waals surface area contributed by atoms with Crippen LogP contribution in [0.15, 0.2) is 103 Å². The zero-order chi connectivity index (χ0) is 24.0. The van der Waals surface area contributed by atoms with Gasteiger partial charge in [-0.2, -0.15) is 0 Å². The van der Waals surface area contributed by atoms with E-state index in [9.17, 15) is 9.18 Å². The number of piperazine rings is 1. The molecule has 1 N–H and O–H groups in total. The van der Waals surface area contributed by atoms with E-state index >= 15 is 0 Å². The van der Waals surface area contributed by atoms with Crippen LogP contribution < -0.4 is 10.1 Å². The molecule has 0 radical (unpaired) electrons. The summed E-state index contributed by atoms with van der Waals surface area (Å²) in [5.74, 6) is 0.748. The highest BCUT2D eigenvalue weighted by Crippen LogP contribution is 2.36. The lowest BCUT2D eigenvalue weighted by Gasteiger charge is -2.37. The molecule has 4 aromatic carbocycles. The van der Waals surface area contributed by atoms with E-state index in [0.717, 1.165) is 13.0 Å². The lowest BCUT2D eigenvalue weighted by Crippen LogP contribution is -2.54. The van der Waals surface area contributed by atoms with Gasteiger partial charge in [-0.25, -0.2) is 4.39 Å². The Morgan fingerprint density at radius 3 is 2.40 bits per heavy atom. The number of hydrogen-bond acceptors (Lipinski definition) is 3. The zero-order valence-electron chi connectivity index (χ0n) is 19.4. The number of nitrogens with zero attached hydrogens (tertiary/aromatic N) is 1. The summed E-state index contributed by atoms with van der Waals surface area (Å²) >= 11 is 0. The van der Waals surface area contributed by atoms with Crippen molar-refractivity contribution >= 4 is 5.91 Å². The van der Waals surface area contributed by atoms with Gasteiger partial charge in [0, 0.05) is 42.4 Å². The molecule has 4 aromatic rings. The van der Waals surface area contributed by atoms with Crippen molar-refractivity contribution in [2.75, 3.05) is 19.6 Å². The third-order valence-electron chi connectivity index (χ3n) is 6.29. The molecule has 1 aliphatic rings. The highest BCUT2D eigenvalue weighted by Gasteiger charge is 2.29. The lowest BCUT2D eigenvalue weighted by molar-refractivity contribution is 0.0637. The molecule has 1 aliphatic heterocycles. The Kier molecular flexibility index (Phi) is 6.87. The Labute approximate surface area is 205 Å². The first-order chi connectivity index (χ1) is 17.2. The van der Waals surface area contributed by atoms with Crippen LogP contribution in [0.4, 0.5) is 4.39 Å². The molecule has 4 nitrogen and oxygen atoms in total. The largest absolute Gasteiger partial charge is 0.457 e. The van der Waals surface area contributed by atoms with Crippen molar-refractivity contribution in [2.24, 2.45) is 0 Å². The molecule has 176 valence electrons. The Bertz CT molecular complexity index is 1290. The molecule has 1 fully saturated rings. The second-order valence-electron chi connectivity index (χ2n) is 8.65. The normalized spacial score (nSPS) is 15.6. The van der Waals surface area contributed by atoms with Crippen molar-refractivity contribution < 1.29 is 13.9 Å². The van der Waals surface area contributed by atoms with Gasteiger partial charge in [0.1, 0.15) is 17.3 Å². The van der Waals surface area contributed by atoms with Crippen LogP contribution in [0.3, 0.4) is 0 Å². The molecule has 0 aromatic heterocycles. The average Bonchev–Trinajstić information content (AvgIpc) is 2.90. The number of rotatable bonds is 6. The van der Waals surface area contributed by atoms with Crippen LogP contribution in [0.25, 0.3) is 11.1 Å². The molecule has 35 heavy (non-hydrogen) atoms. The first-order valence-electron chi connectivity index (χ1n) is 11.9. The highest BCUT2D eigenvalue weighted by atomic mass is 19.1. The maximum absolute atomic E-state index is 14.5. The van der Waals surface area contributed by atoms with Crippen LogP contribution in [0.1, 0.15) is 15.9 Å². The first kappa shape index (κ1) is 22.8. The smallest absolute Gasteiger partial charge is 0.254 e. The predicted octanol–water partition coefficient (Wildman–Crippen LogP) is 5.94. The number of carbonyl (C=O) groups excluding carboxylic acids is 1. The highest BCUT2D eigenvalue weighted by molar-refractivity contribution is 6.01. The Morgan fingerprint density at radius 1 is 0.886 bits per heavy atom. The van der Waals surface area contributed by atoms with Gasteiger partial charge in [-0.05, 0) is 48.4 Å². The fraction of sp³-hybridized carbons (Fsp3) is 0.167. The van der Waals surface area contributed by atoms with Crippen LogP contribution in [-0.4, -0.2) is 36.5 Å². The van der Waals surface area contributed by atoms with Gasteiger partial charge in [-0.1, -0.05) is 66.7 Å². The van der Waals surface area contributed by atoms with Gasteiger partial charge in [0.05, 0.1) is 0 Å². The maximum atomic E-state index is 14.5. The van der Waals surface area contributed by atoms with Gasteiger partial charge in [0.15, 0.2) is 0 Å². The quantitative estimate of drug-likeness (QED) is 0.382. The topological polar surface area (TPSA) is 41.6 Å². The van der Waals surface area contributed by atoms with Gasteiger partial charge >= 0.3 is 0 Å². The second kappa shape index (κ2) is 10.5. The SMILES string of the molecule is O=C(c1ccc(F)cc1-c1ccccc1Oc1ccccc1)N1CCNC[C@H]1Cc1ccccc1. The van der Waals surface area contributed by atoms with Crippen molar-refractivity contribution in [3.63, 3.8) is 0 Å². The molecule has 1 saturated heterocycles. The monoisotopic (exact) mass is 466 g/mol. The number of benzene rings is 4. The van der Waals surface area contributed by atoms with Crippen molar-refractivity contribution in [3.8, 4) is 22.6 Å². The Morgan fingerprint density at radius 2 is 1.60 bits per heavy atom. The van der Waals surface area contributed by atoms with Crippen LogP contribution in [0.5, 0.6) is 11.5 Å². The molecular formula is C30H27FN2O2.